The lowest BCUT2D eigenvalue weighted by molar-refractivity contribution is 0.599. The Morgan fingerprint density at radius 1 is 0.886 bits per heavy atom. The molecule has 0 spiro atoms. The minimum absolute atomic E-state index is 0.167. The number of hydrogen-bond donors (Lipinski definition) is 0. The Labute approximate surface area is 202 Å². The van der Waals surface area contributed by atoms with E-state index in [0.717, 1.165) is 23.2 Å². The van der Waals surface area contributed by atoms with Crippen molar-refractivity contribution in [2.75, 3.05) is 6.26 Å². The smallest absolute Gasteiger partial charge is 0.166 e. The number of rotatable bonds is 6. The number of benzene rings is 3. The van der Waals surface area contributed by atoms with Crippen LogP contribution in [-0.4, -0.2) is 39.2 Å². The molecular formula is C26H22FN5O2S. The number of hydrogen-bond acceptors (Lipinski definition) is 5. The van der Waals surface area contributed by atoms with E-state index in [2.05, 4.69) is 15.2 Å². The van der Waals surface area contributed by atoms with Gasteiger partial charge in [0.05, 0.1) is 23.3 Å². The molecule has 0 radical (unpaired) electrons. The first-order valence-electron chi connectivity index (χ1n) is 10.9. The third-order valence-corrected chi connectivity index (χ3v) is 6.27. The molecule has 5 rings (SSSR count). The maximum absolute atomic E-state index is 13.8. The van der Waals surface area contributed by atoms with Gasteiger partial charge in [0, 0.05) is 17.4 Å². The summed E-state index contributed by atoms with van der Waals surface area (Å²) < 4.78 is 41.0. The molecule has 0 unspecified atom stereocenters. The largest absolute Gasteiger partial charge is 0.233 e. The number of halogens is 1. The SMILES string of the molecule is Cc1cc(F)ccc1-n1nc(CS(C)(=O)=O)nc1-c1cccc(-n2nccc2-c2ccccc2)c1. The lowest BCUT2D eigenvalue weighted by Gasteiger charge is -2.11. The Hall–Kier alpha value is -4.11. The second kappa shape index (κ2) is 8.92. The molecule has 35 heavy (non-hydrogen) atoms. The van der Waals surface area contributed by atoms with E-state index in [1.165, 1.54) is 12.1 Å². The van der Waals surface area contributed by atoms with Gasteiger partial charge < -0.3 is 0 Å². The summed E-state index contributed by atoms with van der Waals surface area (Å²) in [6, 6.07) is 23.8. The van der Waals surface area contributed by atoms with Crippen LogP contribution in [0.15, 0.2) is 85.1 Å². The minimum atomic E-state index is -3.35. The first-order valence-corrected chi connectivity index (χ1v) is 12.9. The molecule has 0 amide bonds. The third kappa shape index (κ3) is 4.76. The molecule has 2 heterocycles. The van der Waals surface area contributed by atoms with Crippen LogP contribution in [0.4, 0.5) is 4.39 Å². The number of aryl methyl sites for hydroxylation is 1. The van der Waals surface area contributed by atoms with Crippen LogP contribution in [0.1, 0.15) is 11.4 Å². The van der Waals surface area contributed by atoms with Crippen LogP contribution >= 0.6 is 0 Å². The lowest BCUT2D eigenvalue weighted by Crippen LogP contribution is -2.05. The average Bonchev–Trinajstić information content (AvgIpc) is 3.46. The lowest BCUT2D eigenvalue weighted by atomic mass is 10.1. The average molecular weight is 488 g/mol. The molecule has 176 valence electrons. The highest BCUT2D eigenvalue weighted by Crippen LogP contribution is 2.28. The van der Waals surface area contributed by atoms with Crippen molar-refractivity contribution < 1.29 is 12.8 Å². The van der Waals surface area contributed by atoms with Crippen LogP contribution in [0, 0.1) is 12.7 Å². The van der Waals surface area contributed by atoms with Gasteiger partial charge in [0.15, 0.2) is 21.5 Å². The molecule has 0 N–H and O–H groups in total. The monoisotopic (exact) mass is 487 g/mol. The van der Waals surface area contributed by atoms with Gasteiger partial charge in [-0.15, -0.1) is 5.10 Å². The maximum Gasteiger partial charge on any atom is 0.166 e. The predicted molar refractivity (Wildman–Crippen MR) is 133 cm³/mol. The first kappa shape index (κ1) is 22.7. The highest BCUT2D eigenvalue weighted by Gasteiger charge is 2.19. The van der Waals surface area contributed by atoms with Crippen molar-refractivity contribution in [1.82, 2.24) is 24.5 Å². The Morgan fingerprint density at radius 2 is 1.66 bits per heavy atom. The van der Waals surface area contributed by atoms with Crippen molar-refractivity contribution in [1.29, 1.82) is 0 Å². The Balaban J connectivity index is 1.65. The molecule has 0 fully saturated rings. The van der Waals surface area contributed by atoms with Crippen molar-refractivity contribution in [2.45, 2.75) is 12.7 Å². The maximum atomic E-state index is 13.8. The highest BCUT2D eigenvalue weighted by molar-refractivity contribution is 7.89. The van der Waals surface area contributed by atoms with E-state index in [9.17, 15) is 12.8 Å². The van der Waals surface area contributed by atoms with E-state index in [0.29, 0.717) is 22.6 Å². The van der Waals surface area contributed by atoms with Crippen molar-refractivity contribution >= 4 is 9.84 Å². The molecule has 9 heteroatoms. The summed E-state index contributed by atoms with van der Waals surface area (Å²) in [5, 5.41) is 8.98. The molecule has 0 aliphatic heterocycles. The van der Waals surface area contributed by atoms with Crippen LogP contribution < -0.4 is 0 Å². The molecule has 0 saturated heterocycles. The summed E-state index contributed by atoms with van der Waals surface area (Å²) >= 11 is 0. The quantitative estimate of drug-likeness (QED) is 0.344. The fourth-order valence-corrected chi connectivity index (χ4v) is 4.57. The Bertz CT molecular complexity index is 1620. The summed E-state index contributed by atoms with van der Waals surface area (Å²) in [4.78, 5) is 4.56. The first-order chi connectivity index (χ1) is 16.8. The standard InChI is InChI=1S/C26H22FN5O2S/c1-18-15-21(27)11-12-23(18)32-26(29-25(30-32)17-35(2,33)34)20-9-6-10-22(16-20)31-24(13-14-28-31)19-7-4-3-5-8-19/h3-16H,17H2,1-2H3. The minimum Gasteiger partial charge on any atom is -0.233 e. The Kier molecular flexibility index (Phi) is 5.78. The van der Waals surface area contributed by atoms with Gasteiger partial charge in [-0.2, -0.15) is 5.10 Å². The summed E-state index contributed by atoms with van der Waals surface area (Å²) in [6.45, 7) is 1.77. The second-order valence-electron chi connectivity index (χ2n) is 8.31. The van der Waals surface area contributed by atoms with Crippen LogP contribution in [0.2, 0.25) is 0 Å². The van der Waals surface area contributed by atoms with Gasteiger partial charge in [-0.25, -0.2) is 27.2 Å². The van der Waals surface area contributed by atoms with Gasteiger partial charge in [0.1, 0.15) is 11.6 Å². The summed E-state index contributed by atoms with van der Waals surface area (Å²) in [5.74, 6) is -0.0442. The number of aromatic nitrogens is 5. The van der Waals surface area contributed by atoms with E-state index in [1.54, 1.807) is 23.9 Å². The molecular weight excluding hydrogens is 465 g/mol. The molecule has 5 aromatic rings. The van der Waals surface area contributed by atoms with Crippen molar-refractivity contribution in [3.63, 3.8) is 0 Å². The van der Waals surface area contributed by atoms with Crippen molar-refractivity contribution in [2.24, 2.45) is 0 Å². The molecule has 0 saturated carbocycles. The number of sulfone groups is 1. The van der Waals surface area contributed by atoms with Crippen LogP contribution in [0.5, 0.6) is 0 Å². The molecule has 0 aliphatic carbocycles. The highest BCUT2D eigenvalue weighted by atomic mass is 32.2. The van der Waals surface area contributed by atoms with E-state index in [1.807, 2.05) is 65.3 Å². The molecule has 0 aliphatic rings. The second-order valence-corrected chi connectivity index (χ2v) is 10.4. The van der Waals surface area contributed by atoms with Gasteiger partial charge in [-0.1, -0.05) is 42.5 Å². The van der Waals surface area contributed by atoms with E-state index >= 15 is 0 Å². The van der Waals surface area contributed by atoms with Crippen molar-refractivity contribution in [3.8, 4) is 34.0 Å². The summed E-state index contributed by atoms with van der Waals surface area (Å²) in [5.41, 5.74) is 4.74. The third-order valence-electron chi connectivity index (χ3n) is 5.49. The molecule has 3 aromatic carbocycles. The zero-order valence-corrected chi connectivity index (χ0v) is 19.9. The van der Waals surface area contributed by atoms with Crippen LogP contribution in [0.25, 0.3) is 34.0 Å². The molecule has 2 aromatic heterocycles. The van der Waals surface area contributed by atoms with E-state index < -0.39 is 9.84 Å². The predicted octanol–water partition coefficient (Wildman–Crippen LogP) is 4.78. The van der Waals surface area contributed by atoms with Gasteiger partial charge in [-0.05, 0) is 48.9 Å². The molecule has 0 bridgehead atoms. The van der Waals surface area contributed by atoms with E-state index in [4.69, 9.17) is 0 Å². The fraction of sp³-hybridized carbons (Fsp3) is 0.115. The zero-order chi connectivity index (χ0) is 24.6. The molecule has 0 atom stereocenters. The van der Waals surface area contributed by atoms with Gasteiger partial charge >= 0.3 is 0 Å². The van der Waals surface area contributed by atoms with Crippen molar-refractivity contribution in [3.05, 3.63) is 102 Å². The normalized spacial score (nSPS) is 11.6. The topological polar surface area (TPSA) is 82.7 Å². The fourth-order valence-electron chi connectivity index (χ4n) is 3.98. The van der Waals surface area contributed by atoms with Gasteiger partial charge in [0.25, 0.3) is 0 Å². The summed E-state index contributed by atoms with van der Waals surface area (Å²) in [6.07, 6.45) is 2.88. The van der Waals surface area contributed by atoms with Gasteiger partial charge in [-0.3, -0.25) is 0 Å². The zero-order valence-electron chi connectivity index (χ0n) is 19.1. The van der Waals surface area contributed by atoms with Crippen LogP contribution in [0.3, 0.4) is 0 Å². The van der Waals surface area contributed by atoms with Crippen LogP contribution in [-0.2, 0) is 15.6 Å². The molecule has 7 nitrogen and oxygen atoms in total. The van der Waals surface area contributed by atoms with E-state index in [-0.39, 0.29) is 17.4 Å². The number of nitrogens with zero attached hydrogens (tertiary/aromatic N) is 5. The van der Waals surface area contributed by atoms with Gasteiger partial charge in [0.2, 0.25) is 0 Å². The summed E-state index contributed by atoms with van der Waals surface area (Å²) in [7, 11) is -3.35. The Morgan fingerprint density at radius 3 is 2.40 bits per heavy atom.